The number of halogens is 6. The standard InChI is InChI=1S/C22H14F3NO5.C17H15NO5.C17H13NO4.C16H11NO4.C7H7F3O.CH4/c23-22(24,25)19-6-5-12(31-19)9-26-15-4-2-1-3-13(15)21(20(26)27)10-28-16-8-18-17(7-14(16)21)29-11-30-18;1-18-12-5-3-2-4-10(12)17(8-19,16(18)21)11-6-14-15(7-13(11)20)23-9-22-14;1-18-12-5-3-2-4-10(12)17(16(18)19)8-20-13-7-15-14(6-11(13)17)21-9-22-15;18-15-16(9-3-1-2-4-11(9)17-15)7-19-12-6-14-13(5-10(12)16)20-8-21-14;1-2-5-3-4-6(11-5)7(8,9)10;/h1-8H,9-11H2;2-7,19-20H,8-9H2,1H3;2-7H,8-9H2,1H3;1-6H,7-8H2,(H,17,18);3-4H,2H2,1H3;1H4/t21-;2*17-;16-;;/m0000../s1. The number of aromatic hydroxyl groups is 1. The number of carbonyl (C=O) groups excluding carboxylic acids is 4. The lowest BCUT2D eigenvalue weighted by molar-refractivity contribution is -0.154. The number of hydrogen-bond donors (Lipinski definition) is 3. The zero-order chi connectivity index (χ0) is 75.0. The van der Waals surface area contributed by atoms with Crippen molar-refractivity contribution in [2.45, 2.75) is 61.3 Å². The van der Waals surface area contributed by atoms with E-state index in [4.69, 9.17) is 56.5 Å². The zero-order valence-electron chi connectivity index (χ0n) is 57.2. The van der Waals surface area contributed by atoms with E-state index in [0.717, 1.165) is 51.3 Å². The van der Waals surface area contributed by atoms with Crippen LogP contribution < -0.4 is 72.1 Å². The Labute approximate surface area is 616 Å². The van der Waals surface area contributed by atoms with Crippen molar-refractivity contribution >= 4 is 46.4 Å². The van der Waals surface area contributed by atoms with Crippen molar-refractivity contribution in [3.8, 4) is 69.0 Å². The van der Waals surface area contributed by atoms with Crippen LogP contribution in [0.2, 0.25) is 0 Å². The summed E-state index contributed by atoms with van der Waals surface area (Å²) in [5.74, 6) is 4.16. The predicted molar refractivity (Wildman–Crippen MR) is 375 cm³/mol. The van der Waals surface area contributed by atoms with Crippen LogP contribution in [0, 0.1) is 0 Å². The minimum Gasteiger partial charge on any atom is -0.507 e. The molecular weight excluding hydrogens is 1430 g/mol. The number of benzene rings is 8. The van der Waals surface area contributed by atoms with Gasteiger partial charge in [-0.2, -0.15) is 26.3 Å². The molecule has 29 heteroatoms. The van der Waals surface area contributed by atoms with Crippen molar-refractivity contribution < 1.29 is 117 Å². The second kappa shape index (κ2) is 26.1. The molecule has 0 unspecified atom stereocenters. The average molecular weight is 1500 g/mol. The number of nitrogens with zero attached hydrogens (tertiary/aromatic N) is 3. The second-order valence-corrected chi connectivity index (χ2v) is 26.5. The number of para-hydroxylation sites is 4. The highest BCUT2D eigenvalue weighted by Gasteiger charge is 2.60. The molecule has 0 saturated heterocycles. The van der Waals surface area contributed by atoms with Crippen LogP contribution in [0.25, 0.3) is 0 Å². The van der Waals surface area contributed by atoms with Gasteiger partial charge >= 0.3 is 12.4 Å². The Bertz CT molecular complexity index is 5390. The van der Waals surface area contributed by atoms with E-state index in [2.05, 4.69) is 9.73 Å². The van der Waals surface area contributed by atoms with E-state index in [1.54, 1.807) is 74.4 Å². The number of phenols is 1. The van der Waals surface area contributed by atoms with E-state index in [1.807, 2.05) is 91.0 Å². The van der Waals surface area contributed by atoms with E-state index in [1.165, 1.54) is 28.0 Å². The molecule has 560 valence electrons. The van der Waals surface area contributed by atoms with Gasteiger partial charge in [0.2, 0.25) is 62.3 Å². The SMILES string of the molecule is C.CCc1ccc(C(F)(F)F)o1.CN1C(=O)[C@@]2(COc3cc4c(cc32)OCO4)c2ccccc21.CN1C(=O)[C@](CO)(c2cc3c(cc2O)OCO3)c2ccccc21.O=C1N(Cc2ccc(C(F)(F)F)o2)c2ccccc2[C@]12COc1cc3c(cc12)OCO3.O=C1Nc2ccccc2[C@]12COc1cc3c(cc12)OCO3. The summed E-state index contributed by atoms with van der Waals surface area (Å²) in [5, 5.41) is 23.5. The number of rotatable bonds is 5. The van der Waals surface area contributed by atoms with Gasteiger partial charge in [-0.25, -0.2) is 0 Å². The van der Waals surface area contributed by atoms with Gasteiger partial charge in [-0.05, 0) is 95.1 Å². The molecule has 0 fully saturated rings. The Morgan fingerprint density at radius 1 is 0.413 bits per heavy atom. The average Bonchev–Trinajstić information content (AvgIpc) is 1.56. The molecule has 109 heavy (non-hydrogen) atoms. The minimum absolute atomic E-state index is 0. The number of aryl methyl sites for hydroxylation is 1. The van der Waals surface area contributed by atoms with Crippen molar-refractivity contribution in [1.82, 2.24) is 0 Å². The van der Waals surface area contributed by atoms with Crippen molar-refractivity contribution in [1.29, 1.82) is 0 Å². The van der Waals surface area contributed by atoms with E-state index >= 15 is 0 Å². The van der Waals surface area contributed by atoms with Crippen LogP contribution >= 0.6 is 0 Å². The molecule has 4 atom stereocenters. The molecule has 11 aliphatic rings. The third kappa shape index (κ3) is 10.9. The summed E-state index contributed by atoms with van der Waals surface area (Å²) in [6.45, 7) is 2.39. The fourth-order valence-corrected chi connectivity index (χ4v) is 15.7. The number of fused-ring (bicyclic) bond motifs is 17. The lowest BCUT2D eigenvalue weighted by atomic mass is 9.75. The van der Waals surface area contributed by atoms with Gasteiger partial charge in [-0.15, -0.1) is 0 Å². The molecule has 8 aromatic carbocycles. The molecule has 21 rings (SSSR count). The maximum absolute atomic E-state index is 13.8. The van der Waals surface area contributed by atoms with Gasteiger partial charge in [-0.1, -0.05) is 87.1 Å². The Kier molecular flexibility index (Phi) is 16.9. The molecule has 10 aromatic rings. The molecule has 0 saturated carbocycles. The molecular formula is C80H64F6N4O19. The van der Waals surface area contributed by atoms with Crippen molar-refractivity contribution in [2.24, 2.45) is 0 Å². The van der Waals surface area contributed by atoms with Crippen LogP contribution in [-0.2, 0) is 66.2 Å². The first-order chi connectivity index (χ1) is 52.0. The summed E-state index contributed by atoms with van der Waals surface area (Å²) < 4.78 is 144. The minimum atomic E-state index is -4.59. The van der Waals surface area contributed by atoms with E-state index in [-0.39, 0.29) is 82.9 Å². The van der Waals surface area contributed by atoms with E-state index in [0.29, 0.717) is 117 Å². The number of furan rings is 2. The quantitative estimate of drug-likeness (QED) is 0.135. The van der Waals surface area contributed by atoms with Gasteiger partial charge in [-0.3, -0.25) is 19.2 Å². The van der Waals surface area contributed by atoms with Crippen LogP contribution in [0.4, 0.5) is 49.1 Å². The molecule has 2 aromatic heterocycles. The Balaban J connectivity index is 0.000000106. The predicted octanol–water partition coefficient (Wildman–Crippen LogP) is 13.2. The molecule has 0 bridgehead atoms. The summed E-state index contributed by atoms with van der Waals surface area (Å²) in [5.41, 5.74) is 5.04. The first-order valence-electron chi connectivity index (χ1n) is 33.9. The normalized spacial score (nSPS) is 21.1. The number of aliphatic hydroxyl groups excluding tert-OH is 1. The maximum atomic E-state index is 13.8. The summed E-state index contributed by atoms with van der Waals surface area (Å²) in [4.78, 5) is 57.0. The van der Waals surface area contributed by atoms with Crippen LogP contribution in [0.5, 0.6) is 69.0 Å². The maximum Gasteiger partial charge on any atom is 0.449 e. The number of likely N-dealkylation sites (N-methyl/N-ethyl adjacent to an activating group) is 2. The lowest BCUT2D eigenvalue weighted by Crippen LogP contribution is -2.42. The zero-order valence-corrected chi connectivity index (χ0v) is 57.2. The molecule has 3 spiro atoms. The summed E-state index contributed by atoms with van der Waals surface area (Å²) in [6.07, 6.45) is -8.46. The smallest absolute Gasteiger partial charge is 0.449 e. The number of ether oxygens (including phenoxy) is 11. The molecule has 4 amide bonds. The molecule has 0 aliphatic carbocycles. The highest BCUT2D eigenvalue weighted by molar-refractivity contribution is 6.14. The largest absolute Gasteiger partial charge is 0.507 e. The van der Waals surface area contributed by atoms with Gasteiger partial charge in [0.1, 0.15) is 76.0 Å². The van der Waals surface area contributed by atoms with Crippen molar-refractivity contribution in [2.75, 3.05) is 87.7 Å². The van der Waals surface area contributed by atoms with Crippen molar-refractivity contribution in [3.63, 3.8) is 0 Å². The number of hydrogen-bond acceptors (Lipinski definition) is 19. The number of nitrogens with one attached hydrogen (secondary N) is 1. The van der Waals surface area contributed by atoms with Gasteiger partial charge in [0.25, 0.3) is 0 Å². The summed E-state index contributed by atoms with van der Waals surface area (Å²) >= 11 is 0. The molecule has 13 heterocycles. The molecule has 11 aliphatic heterocycles. The third-order valence-corrected chi connectivity index (χ3v) is 20.9. The van der Waals surface area contributed by atoms with Crippen LogP contribution in [0.1, 0.15) is 81.9 Å². The second-order valence-electron chi connectivity index (χ2n) is 26.5. The summed E-state index contributed by atoms with van der Waals surface area (Å²) in [6, 6.07) is 48.2. The van der Waals surface area contributed by atoms with Gasteiger partial charge in [0.15, 0.2) is 46.0 Å². The third-order valence-electron chi connectivity index (χ3n) is 20.9. The van der Waals surface area contributed by atoms with E-state index < -0.39 is 52.1 Å². The summed E-state index contributed by atoms with van der Waals surface area (Å²) in [7, 11) is 3.46. The topological polar surface area (TPSA) is 258 Å². The van der Waals surface area contributed by atoms with Crippen LogP contribution in [-0.4, -0.2) is 102 Å². The lowest BCUT2D eigenvalue weighted by Gasteiger charge is -2.27. The Morgan fingerprint density at radius 3 is 1.28 bits per heavy atom. The molecule has 3 N–H and O–H groups in total. The van der Waals surface area contributed by atoms with E-state index in [9.17, 15) is 55.7 Å². The van der Waals surface area contributed by atoms with Gasteiger partial charge in [0, 0.05) is 89.8 Å². The highest BCUT2D eigenvalue weighted by Crippen LogP contribution is 2.59. The number of aliphatic hydroxyl groups is 1. The number of carbonyl (C=O) groups is 4. The Hall–Kier alpha value is -12.7. The first kappa shape index (κ1) is 70.6. The van der Waals surface area contributed by atoms with Crippen LogP contribution in [0.15, 0.2) is 179 Å². The number of alkyl halides is 6. The fourth-order valence-electron chi connectivity index (χ4n) is 15.7. The van der Waals surface area contributed by atoms with Gasteiger partial charge < -0.3 is 91.2 Å². The Morgan fingerprint density at radius 2 is 0.798 bits per heavy atom. The van der Waals surface area contributed by atoms with Crippen molar-refractivity contribution in [3.05, 3.63) is 237 Å². The monoisotopic (exact) mass is 1500 g/mol. The number of phenolic OH excluding ortho intramolecular Hbond substituents is 1. The van der Waals surface area contributed by atoms with Crippen LogP contribution in [0.3, 0.4) is 0 Å². The van der Waals surface area contributed by atoms with Gasteiger partial charge in [0.05, 0.1) is 13.2 Å². The fraction of sp³-hybridized carbons (Fsp3) is 0.250. The number of amides is 4. The molecule has 23 nitrogen and oxygen atoms in total. The number of anilines is 4. The highest BCUT2D eigenvalue weighted by atomic mass is 19.4. The first-order valence-corrected chi connectivity index (χ1v) is 33.9. The molecule has 0 radical (unpaired) electrons.